The molecule has 0 aliphatic carbocycles. The Bertz CT molecular complexity index is 1170. The van der Waals surface area contributed by atoms with E-state index in [1.54, 1.807) is 97.9 Å². The number of carbonyl (C=O) groups excluding carboxylic acids is 3. The predicted octanol–water partition coefficient (Wildman–Crippen LogP) is 3.44. The van der Waals surface area contributed by atoms with E-state index in [2.05, 4.69) is 0 Å². The van der Waals surface area contributed by atoms with Gasteiger partial charge in [-0.05, 0) is 43.3 Å². The smallest absolute Gasteiger partial charge is 0.338 e. The number of aliphatic hydroxyl groups excluding tert-OH is 1. The van der Waals surface area contributed by atoms with Crippen LogP contribution < -0.4 is 0 Å². The van der Waals surface area contributed by atoms with Gasteiger partial charge >= 0.3 is 17.9 Å². The van der Waals surface area contributed by atoms with Gasteiger partial charge in [-0.25, -0.2) is 14.4 Å². The van der Waals surface area contributed by atoms with E-state index in [-0.39, 0.29) is 12.2 Å². The number of ether oxygens (including phenoxy) is 4. The Morgan fingerprint density at radius 2 is 1.11 bits per heavy atom. The lowest BCUT2D eigenvalue weighted by Crippen LogP contribution is -2.60. The van der Waals surface area contributed by atoms with Crippen LogP contribution in [0.2, 0.25) is 0 Å². The molecule has 0 aromatic heterocycles. The summed E-state index contributed by atoms with van der Waals surface area (Å²) in [6.45, 7) is 1.34. The summed E-state index contributed by atoms with van der Waals surface area (Å²) in [6.07, 6.45) is -5.62. The summed E-state index contributed by atoms with van der Waals surface area (Å²) in [7, 11) is 0. The first-order chi connectivity index (χ1) is 17.4. The van der Waals surface area contributed by atoms with Crippen molar-refractivity contribution >= 4 is 17.9 Å². The van der Waals surface area contributed by atoms with Gasteiger partial charge in [0.2, 0.25) is 0 Å². The van der Waals surface area contributed by atoms with Gasteiger partial charge in [0.25, 0.3) is 0 Å². The fraction of sp³-hybridized carbons (Fsp3) is 0.250. The largest absolute Gasteiger partial charge is 0.459 e. The predicted molar refractivity (Wildman–Crippen MR) is 128 cm³/mol. The van der Waals surface area contributed by atoms with Gasteiger partial charge in [0, 0.05) is 0 Å². The molecule has 3 aromatic carbocycles. The fourth-order valence-electron chi connectivity index (χ4n) is 3.89. The van der Waals surface area contributed by atoms with E-state index in [9.17, 15) is 19.5 Å². The number of esters is 3. The standard InChI is InChI=1S/C28H26O8/c1-18-24(35-27(31)20-13-7-3-8-14-20)25(36-28(32)21-15-9-4-10-16-21)23(29)22(34-18)17-33-26(30)19-11-5-2-6-12-19/h2-16,18,22-25,29H,17H2,1H3/t18-,22?,23-,24?,25?/m1/s1. The number of carbonyl (C=O) groups is 3. The first-order valence-electron chi connectivity index (χ1n) is 11.5. The highest BCUT2D eigenvalue weighted by molar-refractivity contribution is 5.90. The Balaban J connectivity index is 1.52. The van der Waals surface area contributed by atoms with Crippen LogP contribution in [0.3, 0.4) is 0 Å². The topological polar surface area (TPSA) is 108 Å². The van der Waals surface area contributed by atoms with E-state index in [0.29, 0.717) is 11.1 Å². The molecule has 4 rings (SSSR count). The Morgan fingerprint density at radius 1 is 0.694 bits per heavy atom. The van der Waals surface area contributed by atoms with Crippen molar-refractivity contribution in [3.8, 4) is 0 Å². The Kier molecular flexibility index (Phi) is 8.10. The van der Waals surface area contributed by atoms with E-state index < -0.39 is 48.4 Å². The van der Waals surface area contributed by atoms with E-state index in [0.717, 1.165) is 0 Å². The molecule has 0 saturated carbocycles. The molecule has 1 saturated heterocycles. The zero-order valence-electron chi connectivity index (χ0n) is 19.6. The highest BCUT2D eigenvalue weighted by Gasteiger charge is 2.48. The van der Waals surface area contributed by atoms with Crippen LogP contribution in [0.1, 0.15) is 38.0 Å². The van der Waals surface area contributed by atoms with E-state index >= 15 is 0 Å². The monoisotopic (exact) mass is 490 g/mol. The number of rotatable bonds is 7. The average Bonchev–Trinajstić information content (AvgIpc) is 2.92. The molecular weight excluding hydrogens is 464 g/mol. The van der Waals surface area contributed by atoms with Gasteiger partial charge in [-0.3, -0.25) is 0 Å². The lowest BCUT2D eigenvalue weighted by atomic mass is 9.95. The summed E-state index contributed by atoms with van der Waals surface area (Å²) in [5.41, 5.74) is 0.910. The zero-order chi connectivity index (χ0) is 25.5. The summed E-state index contributed by atoms with van der Waals surface area (Å²) >= 11 is 0. The van der Waals surface area contributed by atoms with Crippen molar-refractivity contribution in [1.82, 2.24) is 0 Å². The average molecular weight is 491 g/mol. The molecule has 0 bridgehead atoms. The van der Waals surface area contributed by atoms with E-state index in [1.807, 2.05) is 0 Å². The normalized spacial score (nSPS) is 23.3. The third-order valence-corrected chi connectivity index (χ3v) is 5.79. The quantitative estimate of drug-likeness (QED) is 0.396. The lowest BCUT2D eigenvalue weighted by molar-refractivity contribution is -0.224. The summed E-state index contributed by atoms with van der Waals surface area (Å²) in [4.78, 5) is 37.9. The molecule has 1 heterocycles. The second-order valence-corrected chi connectivity index (χ2v) is 8.31. The first-order valence-corrected chi connectivity index (χ1v) is 11.5. The molecule has 0 radical (unpaired) electrons. The van der Waals surface area contributed by atoms with Crippen molar-refractivity contribution in [2.75, 3.05) is 6.61 Å². The molecule has 186 valence electrons. The van der Waals surface area contributed by atoms with Crippen LogP contribution in [-0.4, -0.2) is 60.1 Å². The van der Waals surface area contributed by atoms with Crippen molar-refractivity contribution in [3.63, 3.8) is 0 Å². The van der Waals surface area contributed by atoms with Crippen LogP contribution in [0.4, 0.5) is 0 Å². The molecule has 0 spiro atoms. The number of benzene rings is 3. The van der Waals surface area contributed by atoms with Crippen LogP contribution in [0, 0.1) is 0 Å². The fourth-order valence-corrected chi connectivity index (χ4v) is 3.89. The van der Waals surface area contributed by atoms with Gasteiger partial charge in [-0.1, -0.05) is 54.6 Å². The first kappa shape index (κ1) is 25.1. The maximum Gasteiger partial charge on any atom is 0.338 e. The van der Waals surface area contributed by atoms with Gasteiger partial charge in [0.1, 0.15) is 18.8 Å². The molecule has 1 aliphatic heterocycles. The zero-order valence-corrected chi connectivity index (χ0v) is 19.6. The van der Waals surface area contributed by atoms with Crippen LogP contribution in [-0.2, 0) is 18.9 Å². The SMILES string of the molecule is C[C@H]1OC(COC(=O)c2ccccc2)[C@@H](O)C(OC(=O)c2ccccc2)C1OC(=O)c1ccccc1. The minimum Gasteiger partial charge on any atom is -0.459 e. The molecular formula is C28H26O8. The summed E-state index contributed by atoms with van der Waals surface area (Å²) < 4.78 is 22.5. The Morgan fingerprint density at radius 3 is 1.58 bits per heavy atom. The number of aliphatic hydroxyl groups is 1. The molecule has 3 unspecified atom stereocenters. The van der Waals surface area contributed by atoms with Crippen LogP contribution in [0.5, 0.6) is 0 Å². The molecule has 36 heavy (non-hydrogen) atoms. The van der Waals surface area contributed by atoms with Crippen molar-refractivity contribution in [2.24, 2.45) is 0 Å². The van der Waals surface area contributed by atoms with Crippen molar-refractivity contribution < 1.29 is 38.4 Å². The molecule has 1 N–H and O–H groups in total. The molecule has 1 fully saturated rings. The van der Waals surface area contributed by atoms with Gasteiger partial charge < -0.3 is 24.1 Å². The summed E-state index contributed by atoms with van der Waals surface area (Å²) in [5.74, 6) is -1.94. The van der Waals surface area contributed by atoms with Gasteiger partial charge in [-0.2, -0.15) is 0 Å². The molecule has 0 amide bonds. The van der Waals surface area contributed by atoms with E-state index in [4.69, 9.17) is 18.9 Å². The highest BCUT2D eigenvalue weighted by Crippen LogP contribution is 2.28. The maximum atomic E-state index is 12.8. The van der Waals surface area contributed by atoms with Crippen molar-refractivity contribution in [3.05, 3.63) is 108 Å². The molecule has 1 aliphatic rings. The number of hydrogen-bond acceptors (Lipinski definition) is 8. The van der Waals surface area contributed by atoms with Gasteiger partial charge in [0.15, 0.2) is 12.2 Å². The minimum atomic E-state index is -1.44. The second kappa shape index (κ2) is 11.6. The lowest BCUT2D eigenvalue weighted by Gasteiger charge is -2.42. The highest BCUT2D eigenvalue weighted by atomic mass is 16.6. The molecule has 8 nitrogen and oxygen atoms in total. The van der Waals surface area contributed by atoms with Crippen molar-refractivity contribution in [1.29, 1.82) is 0 Å². The Labute approximate surface area is 208 Å². The second-order valence-electron chi connectivity index (χ2n) is 8.31. The summed E-state index contributed by atoms with van der Waals surface area (Å²) in [5, 5.41) is 11.1. The molecule has 8 heteroatoms. The summed E-state index contributed by atoms with van der Waals surface area (Å²) in [6, 6.07) is 25.0. The molecule has 5 atom stereocenters. The maximum absolute atomic E-state index is 12.8. The van der Waals surface area contributed by atoms with Gasteiger partial charge in [0.05, 0.1) is 22.8 Å². The third kappa shape index (κ3) is 5.97. The molecule has 3 aromatic rings. The third-order valence-electron chi connectivity index (χ3n) is 5.79. The van der Waals surface area contributed by atoms with Crippen molar-refractivity contribution in [2.45, 2.75) is 37.4 Å². The minimum absolute atomic E-state index is 0.268. The van der Waals surface area contributed by atoms with Gasteiger partial charge in [-0.15, -0.1) is 0 Å². The van der Waals surface area contributed by atoms with E-state index in [1.165, 1.54) is 0 Å². The van der Waals surface area contributed by atoms with Crippen LogP contribution >= 0.6 is 0 Å². The number of hydrogen-bond donors (Lipinski definition) is 1. The van der Waals surface area contributed by atoms with Crippen LogP contribution in [0.15, 0.2) is 91.0 Å². The Hall–Kier alpha value is -4.01. The van der Waals surface area contributed by atoms with Crippen LogP contribution in [0.25, 0.3) is 0 Å².